The van der Waals surface area contributed by atoms with Gasteiger partial charge in [0.25, 0.3) is 18.4 Å². The van der Waals surface area contributed by atoms with Crippen LogP contribution in [-0.2, 0) is 27.6 Å². The van der Waals surface area contributed by atoms with E-state index in [1.165, 1.54) is 41.3 Å². The van der Waals surface area contributed by atoms with Crippen LogP contribution < -0.4 is 10.6 Å². The van der Waals surface area contributed by atoms with Gasteiger partial charge in [-0.15, -0.1) is 11.3 Å². The lowest BCUT2D eigenvalue weighted by atomic mass is 9.80. The molecule has 1 saturated heterocycles. The molecule has 1 aromatic heterocycles. The molecule has 2 aromatic carbocycles. The second-order valence-electron chi connectivity index (χ2n) is 9.55. The SMILES string of the molecule is C#[N+][C@@H]1C[C@@]2(CN1C(=O)C(Cc1cccc(F)c1)NC(=O)c1ccc(C(F)(F)F)s1)C(=O)Nc1ccc(F)cc12. The van der Waals surface area contributed by atoms with E-state index < -0.39 is 58.0 Å². The van der Waals surface area contributed by atoms with Crippen molar-refractivity contribution in [2.45, 2.75) is 36.6 Å². The van der Waals surface area contributed by atoms with Crippen molar-refractivity contribution >= 4 is 34.7 Å². The molecule has 1 unspecified atom stereocenters. The van der Waals surface area contributed by atoms with Crippen LogP contribution in [-0.4, -0.2) is 41.4 Å². The summed E-state index contributed by atoms with van der Waals surface area (Å²) in [5.74, 6) is -3.37. The molecule has 1 spiro atoms. The summed E-state index contributed by atoms with van der Waals surface area (Å²) in [6, 6.07) is 9.39. The maximum atomic E-state index is 14.1. The van der Waals surface area contributed by atoms with E-state index in [2.05, 4.69) is 15.5 Å². The van der Waals surface area contributed by atoms with E-state index >= 15 is 0 Å². The normalized spacial score (nSPS) is 20.6. The average molecular weight is 576 g/mol. The second kappa shape index (κ2) is 10.0. The van der Waals surface area contributed by atoms with Crippen molar-refractivity contribution in [2.75, 3.05) is 11.9 Å². The van der Waals surface area contributed by atoms with Gasteiger partial charge in [-0.1, -0.05) is 17.0 Å². The number of halogens is 5. The number of benzene rings is 2. The topological polar surface area (TPSA) is 82.9 Å². The lowest BCUT2D eigenvalue weighted by Crippen LogP contribution is -2.51. The number of carbonyl (C=O) groups is 3. The molecule has 5 rings (SSSR count). The molecule has 0 bridgehead atoms. The van der Waals surface area contributed by atoms with E-state index in [4.69, 9.17) is 6.57 Å². The highest BCUT2D eigenvalue weighted by Crippen LogP contribution is 2.47. The maximum absolute atomic E-state index is 14.1. The molecule has 3 atom stereocenters. The third-order valence-corrected chi connectivity index (χ3v) is 8.14. The van der Waals surface area contributed by atoms with Crippen LogP contribution >= 0.6 is 11.3 Å². The van der Waals surface area contributed by atoms with Crippen molar-refractivity contribution in [1.29, 1.82) is 0 Å². The number of nitrogens with one attached hydrogen (secondary N) is 2. The molecular formula is C27H20F5N4O3S+. The summed E-state index contributed by atoms with van der Waals surface area (Å²) >= 11 is 0.208. The molecule has 1 fully saturated rings. The highest BCUT2D eigenvalue weighted by molar-refractivity contribution is 7.14. The van der Waals surface area contributed by atoms with Crippen molar-refractivity contribution < 1.29 is 36.3 Å². The molecule has 0 aliphatic carbocycles. The van der Waals surface area contributed by atoms with E-state index in [0.29, 0.717) is 16.8 Å². The van der Waals surface area contributed by atoms with Crippen LogP contribution in [0.15, 0.2) is 54.6 Å². The van der Waals surface area contributed by atoms with Gasteiger partial charge in [-0.25, -0.2) is 8.78 Å². The zero-order valence-electron chi connectivity index (χ0n) is 20.5. The molecule has 3 amide bonds. The number of amides is 3. The van der Waals surface area contributed by atoms with Crippen molar-refractivity contribution in [3.05, 3.63) is 92.0 Å². The minimum absolute atomic E-state index is 0.0714. The highest BCUT2D eigenvalue weighted by atomic mass is 32.1. The third-order valence-electron chi connectivity index (χ3n) is 7.01. The van der Waals surface area contributed by atoms with Crippen LogP contribution in [0.3, 0.4) is 0 Å². The molecule has 2 aliphatic rings. The number of hydrogen-bond donors (Lipinski definition) is 2. The Morgan fingerprint density at radius 3 is 2.58 bits per heavy atom. The number of anilines is 1. The largest absolute Gasteiger partial charge is 0.425 e. The molecule has 0 saturated carbocycles. The van der Waals surface area contributed by atoms with Crippen molar-refractivity contribution in [1.82, 2.24) is 10.2 Å². The second-order valence-corrected chi connectivity index (χ2v) is 10.6. The molecule has 206 valence electrons. The van der Waals surface area contributed by atoms with Gasteiger partial charge in [-0.05, 0) is 53.6 Å². The predicted molar refractivity (Wildman–Crippen MR) is 136 cm³/mol. The van der Waals surface area contributed by atoms with E-state index in [1.807, 2.05) is 0 Å². The number of fused-ring (bicyclic) bond motifs is 2. The third kappa shape index (κ3) is 4.90. The quantitative estimate of drug-likeness (QED) is 0.429. The summed E-state index contributed by atoms with van der Waals surface area (Å²) in [5.41, 5.74) is -0.352. The number of carbonyl (C=O) groups excluding carboxylic acids is 3. The van der Waals surface area contributed by atoms with Gasteiger partial charge in [0.15, 0.2) is 0 Å². The molecule has 3 heterocycles. The Morgan fingerprint density at radius 1 is 1.15 bits per heavy atom. The van der Waals surface area contributed by atoms with Gasteiger partial charge in [0.2, 0.25) is 5.91 Å². The number of likely N-dealkylation sites (tertiary alicyclic amines) is 1. The number of hydrogen-bond acceptors (Lipinski definition) is 4. The maximum Gasteiger partial charge on any atom is 0.425 e. The molecule has 40 heavy (non-hydrogen) atoms. The van der Waals surface area contributed by atoms with Gasteiger partial charge in [0.05, 0.1) is 11.3 Å². The fourth-order valence-corrected chi connectivity index (χ4v) is 5.90. The van der Waals surface area contributed by atoms with Gasteiger partial charge >= 0.3 is 12.3 Å². The van der Waals surface area contributed by atoms with Crippen molar-refractivity contribution in [3.8, 4) is 6.57 Å². The predicted octanol–water partition coefficient (Wildman–Crippen LogP) is 4.80. The van der Waals surface area contributed by atoms with E-state index in [-0.39, 0.29) is 35.6 Å². The fourth-order valence-electron chi connectivity index (χ4n) is 5.13. The van der Waals surface area contributed by atoms with Crippen LogP contribution in [0.5, 0.6) is 0 Å². The van der Waals surface area contributed by atoms with Crippen LogP contribution in [0, 0.1) is 18.2 Å². The summed E-state index contributed by atoms with van der Waals surface area (Å²) in [6.45, 7) is 5.34. The smallest absolute Gasteiger partial charge is 0.339 e. The first kappa shape index (κ1) is 27.3. The Kier molecular flexibility index (Phi) is 6.83. The molecule has 13 heteroatoms. The Hall–Kier alpha value is -4.31. The van der Waals surface area contributed by atoms with Crippen molar-refractivity contribution in [3.63, 3.8) is 0 Å². The lowest BCUT2D eigenvalue weighted by Gasteiger charge is -2.25. The standard InChI is InChI=1S/C27H19F5N4O3S/c1-33-22-12-26(17-11-16(29)5-6-18(17)35-25(26)39)13-36(22)24(38)19(10-14-3-2-4-15(28)9-14)34-23(37)20-7-8-21(40-20)27(30,31)32/h1-9,11,19,22H,10,12-13H2,(H-,34,35,37,39)/p+1/t19?,22-,26-/m0/s1. The Bertz CT molecular complexity index is 1570. The van der Waals surface area contributed by atoms with E-state index in [0.717, 1.165) is 18.2 Å². The minimum atomic E-state index is -4.66. The lowest BCUT2D eigenvalue weighted by molar-refractivity contribution is -0.135. The summed E-state index contributed by atoms with van der Waals surface area (Å²) < 4.78 is 67.3. The summed E-state index contributed by atoms with van der Waals surface area (Å²) in [6.07, 6.45) is -5.99. The Balaban J connectivity index is 1.47. The summed E-state index contributed by atoms with van der Waals surface area (Å²) in [5, 5.41) is 5.13. The van der Waals surface area contributed by atoms with Gasteiger partial charge in [-0.3, -0.25) is 19.3 Å². The number of nitrogens with zero attached hydrogens (tertiary/aromatic N) is 2. The van der Waals surface area contributed by atoms with Gasteiger partial charge in [0.1, 0.15) is 28.0 Å². The van der Waals surface area contributed by atoms with Crippen molar-refractivity contribution in [2.24, 2.45) is 0 Å². The number of alkyl halides is 3. The Morgan fingerprint density at radius 2 is 1.90 bits per heavy atom. The Labute approximate surface area is 228 Å². The first-order valence-electron chi connectivity index (χ1n) is 12.0. The van der Waals surface area contributed by atoms with E-state index in [1.54, 1.807) is 0 Å². The zero-order chi connectivity index (χ0) is 28.8. The minimum Gasteiger partial charge on any atom is -0.339 e. The van der Waals surface area contributed by atoms with Gasteiger partial charge in [-0.2, -0.15) is 13.2 Å². The number of thiophene rings is 1. The summed E-state index contributed by atoms with van der Waals surface area (Å²) in [7, 11) is 0. The van der Waals surface area contributed by atoms with Crippen LogP contribution in [0.2, 0.25) is 0 Å². The molecule has 2 N–H and O–H groups in total. The van der Waals surface area contributed by atoms with Gasteiger partial charge in [0, 0.05) is 18.7 Å². The highest BCUT2D eigenvalue weighted by Gasteiger charge is 2.60. The number of rotatable bonds is 5. The first-order chi connectivity index (χ1) is 18.9. The van der Waals surface area contributed by atoms with Crippen LogP contribution in [0.4, 0.5) is 27.6 Å². The first-order valence-corrected chi connectivity index (χ1v) is 12.8. The molecule has 2 aliphatic heterocycles. The zero-order valence-corrected chi connectivity index (χ0v) is 21.3. The summed E-state index contributed by atoms with van der Waals surface area (Å²) in [4.78, 5) is 43.6. The molecule has 3 aromatic rings. The van der Waals surface area contributed by atoms with Gasteiger partial charge < -0.3 is 10.6 Å². The monoisotopic (exact) mass is 575 g/mol. The molecular weight excluding hydrogens is 555 g/mol. The molecule has 7 nitrogen and oxygen atoms in total. The van der Waals surface area contributed by atoms with Crippen LogP contribution in [0.25, 0.3) is 4.85 Å². The van der Waals surface area contributed by atoms with Crippen LogP contribution in [0.1, 0.15) is 32.1 Å². The van der Waals surface area contributed by atoms with E-state index in [9.17, 15) is 36.3 Å². The fraction of sp³-hybridized carbons (Fsp3) is 0.259. The molecule has 0 radical (unpaired) electrons. The average Bonchev–Trinajstić information content (AvgIpc) is 3.61.